The maximum absolute atomic E-state index is 13.1. The Balaban J connectivity index is 1.41. The van der Waals surface area contributed by atoms with Crippen LogP contribution in [0.4, 0.5) is 0 Å². The maximum Gasteiger partial charge on any atom is 0.335 e. The van der Waals surface area contributed by atoms with Gasteiger partial charge in [0.15, 0.2) is 0 Å². The number of carboxylic acid groups (broad SMARTS) is 1. The number of nitriles is 1. The quantitative estimate of drug-likeness (QED) is 0.681. The summed E-state index contributed by atoms with van der Waals surface area (Å²) in [6.07, 6.45) is 2.16. The van der Waals surface area contributed by atoms with E-state index in [4.69, 9.17) is 5.73 Å². The Hall–Kier alpha value is -2.96. The number of aromatic carboxylic acids is 1. The molecule has 5 atom stereocenters. The van der Waals surface area contributed by atoms with E-state index in [2.05, 4.69) is 6.07 Å². The number of amides is 2. The fraction of sp³-hybridized carbons (Fsp3) is 0.545. The van der Waals surface area contributed by atoms with Crippen LogP contribution in [0.3, 0.4) is 0 Å². The Morgan fingerprint density at radius 1 is 1.39 bits per heavy atom. The van der Waals surface area contributed by atoms with Crippen LogP contribution in [-0.4, -0.2) is 81.4 Å². The summed E-state index contributed by atoms with van der Waals surface area (Å²) in [7, 11) is 0. The van der Waals surface area contributed by atoms with E-state index in [-0.39, 0.29) is 42.0 Å². The van der Waals surface area contributed by atoms with E-state index in [9.17, 15) is 24.8 Å². The molecule has 0 saturated carbocycles. The fourth-order valence-electron chi connectivity index (χ4n) is 5.20. The lowest BCUT2D eigenvalue weighted by atomic mass is 10.0. The average Bonchev–Trinajstić information content (AvgIpc) is 3.47. The molecule has 0 radical (unpaired) electrons. The average molecular weight is 425 g/mol. The van der Waals surface area contributed by atoms with Crippen molar-refractivity contribution in [2.24, 2.45) is 5.73 Å². The summed E-state index contributed by atoms with van der Waals surface area (Å²) in [5.74, 6) is -1.24. The van der Waals surface area contributed by atoms with Crippen molar-refractivity contribution in [3.8, 4) is 6.07 Å². The summed E-state index contributed by atoms with van der Waals surface area (Å²) in [5, 5.41) is 18.5. The number of hydrogen-bond acceptors (Lipinski definition) is 6. The van der Waals surface area contributed by atoms with Crippen LogP contribution in [0.2, 0.25) is 0 Å². The van der Waals surface area contributed by atoms with E-state index in [0.717, 1.165) is 12.0 Å². The summed E-state index contributed by atoms with van der Waals surface area (Å²) in [6.45, 7) is 3.38. The monoisotopic (exact) mass is 425 g/mol. The van der Waals surface area contributed by atoms with Crippen LogP contribution >= 0.6 is 0 Å². The predicted molar refractivity (Wildman–Crippen MR) is 111 cm³/mol. The summed E-state index contributed by atoms with van der Waals surface area (Å²) in [6, 6.07) is 7.11. The van der Waals surface area contributed by atoms with Gasteiger partial charge in [0.05, 0.1) is 29.8 Å². The molecule has 3 fully saturated rings. The van der Waals surface area contributed by atoms with E-state index in [1.54, 1.807) is 17.0 Å². The van der Waals surface area contributed by atoms with Crippen molar-refractivity contribution in [2.45, 2.75) is 56.4 Å². The lowest BCUT2D eigenvalue weighted by Gasteiger charge is -2.38. The number of piperazine rings is 1. The molecular formula is C22H27N5O4. The highest BCUT2D eigenvalue weighted by molar-refractivity contribution is 5.88. The molecule has 3 unspecified atom stereocenters. The predicted octanol–water partition coefficient (Wildman–Crippen LogP) is 0.573. The third-order valence-corrected chi connectivity index (χ3v) is 6.78. The molecule has 2 amide bonds. The van der Waals surface area contributed by atoms with E-state index in [1.165, 1.54) is 6.07 Å². The molecule has 0 aromatic heterocycles. The number of carbonyl (C=O) groups excluding carboxylic acids is 2. The zero-order valence-corrected chi connectivity index (χ0v) is 17.5. The standard InChI is InChI=1S/C22H27N5O4/c1-13(14-4-2-5-15(8-14)22(30)31)27-17-9-19(21(27)29)25(11-17)12-18(24)20(28)26-7-3-6-16(26)10-23/h2,4-5,8,13,16-19H,3,6-7,9,11-12,24H2,1H3,(H,30,31)/t13-,16?,17?,18?,19-/m0/s1. The molecule has 1 aromatic rings. The van der Waals surface area contributed by atoms with Gasteiger partial charge in [-0.2, -0.15) is 5.26 Å². The Labute approximate surface area is 181 Å². The van der Waals surface area contributed by atoms with E-state index in [1.807, 2.05) is 22.8 Å². The number of benzene rings is 1. The second-order valence-corrected chi connectivity index (χ2v) is 8.64. The number of nitrogens with two attached hydrogens (primary N) is 1. The topological polar surface area (TPSA) is 131 Å². The molecule has 3 N–H and O–H groups in total. The van der Waals surface area contributed by atoms with Gasteiger partial charge in [-0.15, -0.1) is 0 Å². The molecule has 1 aromatic carbocycles. The number of likely N-dealkylation sites (tertiary alicyclic amines) is 3. The van der Waals surface area contributed by atoms with Crippen LogP contribution in [0.25, 0.3) is 0 Å². The van der Waals surface area contributed by atoms with Gasteiger partial charge in [-0.25, -0.2) is 4.79 Å². The first kappa shape index (κ1) is 21.3. The highest BCUT2D eigenvalue weighted by atomic mass is 16.4. The number of nitrogens with zero attached hydrogens (tertiary/aromatic N) is 4. The highest BCUT2D eigenvalue weighted by Crippen LogP contribution is 2.38. The van der Waals surface area contributed by atoms with Gasteiger partial charge in [-0.1, -0.05) is 12.1 Å². The molecule has 164 valence electrons. The molecule has 31 heavy (non-hydrogen) atoms. The SMILES string of the molecule is C[C@@H](c1cccc(C(=O)O)c1)N1C(=O)[C@@H]2CC1CN2CC(N)C(=O)N1CCCC1C#N. The first-order chi connectivity index (χ1) is 14.8. The van der Waals surface area contributed by atoms with Gasteiger partial charge < -0.3 is 20.6 Å². The number of rotatable bonds is 6. The first-order valence-electron chi connectivity index (χ1n) is 10.7. The van der Waals surface area contributed by atoms with Crippen molar-refractivity contribution < 1.29 is 19.5 Å². The van der Waals surface area contributed by atoms with Crippen molar-refractivity contribution in [1.82, 2.24) is 14.7 Å². The second-order valence-electron chi connectivity index (χ2n) is 8.64. The van der Waals surface area contributed by atoms with Gasteiger partial charge in [0.25, 0.3) is 0 Å². The van der Waals surface area contributed by atoms with Gasteiger partial charge in [-0.3, -0.25) is 14.5 Å². The van der Waals surface area contributed by atoms with Gasteiger partial charge in [0.2, 0.25) is 11.8 Å². The van der Waals surface area contributed by atoms with Gasteiger partial charge in [0, 0.05) is 25.7 Å². The lowest BCUT2D eigenvalue weighted by Crippen LogP contribution is -2.56. The number of carbonyl (C=O) groups is 3. The van der Waals surface area contributed by atoms with Crippen molar-refractivity contribution in [3.05, 3.63) is 35.4 Å². The molecule has 3 aliphatic rings. The summed E-state index contributed by atoms with van der Waals surface area (Å²) < 4.78 is 0. The van der Waals surface area contributed by atoms with E-state index in [0.29, 0.717) is 25.9 Å². The van der Waals surface area contributed by atoms with Crippen molar-refractivity contribution in [3.63, 3.8) is 0 Å². The van der Waals surface area contributed by atoms with Crippen molar-refractivity contribution in [2.75, 3.05) is 19.6 Å². The van der Waals surface area contributed by atoms with Crippen molar-refractivity contribution >= 4 is 17.8 Å². The zero-order valence-electron chi connectivity index (χ0n) is 17.5. The van der Waals surface area contributed by atoms with Gasteiger partial charge >= 0.3 is 5.97 Å². The number of hydrogen-bond donors (Lipinski definition) is 2. The molecule has 0 spiro atoms. The third-order valence-electron chi connectivity index (χ3n) is 6.78. The summed E-state index contributed by atoms with van der Waals surface area (Å²) in [4.78, 5) is 42.5. The molecular weight excluding hydrogens is 398 g/mol. The largest absolute Gasteiger partial charge is 0.478 e. The van der Waals surface area contributed by atoms with Crippen molar-refractivity contribution in [1.29, 1.82) is 5.26 Å². The molecule has 3 heterocycles. The van der Waals surface area contributed by atoms with Gasteiger partial charge in [0.1, 0.15) is 6.04 Å². The minimum Gasteiger partial charge on any atom is -0.478 e. The Morgan fingerprint density at radius 3 is 2.84 bits per heavy atom. The van der Waals surface area contributed by atoms with Gasteiger partial charge in [-0.05, 0) is 43.9 Å². The van der Waals surface area contributed by atoms with Crippen LogP contribution in [0, 0.1) is 11.3 Å². The lowest BCUT2D eigenvalue weighted by molar-refractivity contribution is -0.140. The Kier molecular flexibility index (Phi) is 5.69. The van der Waals surface area contributed by atoms with Crippen LogP contribution in [0.5, 0.6) is 0 Å². The first-order valence-corrected chi connectivity index (χ1v) is 10.7. The molecule has 0 aliphatic carbocycles. The second kappa shape index (κ2) is 8.29. The molecule has 3 saturated heterocycles. The molecule has 3 aliphatic heterocycles. The third kappa shape index (κ3) is 3.77. The Bertz CT molecular complexity index is 944. The fourth-order valence-corrected chi connectivity index (χ4v) is 5.20. The zero-order chi connectivity index (χ0) is 22.3. The molecule has 4 rings (SSSR count). The van der Waals surface area contributed by atoms with Crippen LogP contribution < -0.4 is 5.73 Å². The molecule has 9 nitrogen and oxygen atoms in total. The number of fused-ring (bicyclic) bond motifs is 2. The van der Waals surface area contributed by atoms with Crippen LogP contribution in [0.15, 0.2) is 24.3 Å². The minimum atomic E-state index is -0.996. The molecule has 9 heteroatoms. The summed E-state index contributed by atoms with van der Waals surface area (Å²) >= 11 is 0. The normalized spacial score (nSPS) is 27.4. The highest BCUT2D eigenvalue weighted by Gasteiger charge is 2.51. The van der Waals surface area contributed by atoms with Crippen LogP contribution in [-0.2, 0) is 9.59 Å². The number of carboxylic acids is 1. The summed E-state index contributed by atoms with van der Waals surface area (Å²) in [5.41, 5.74) is 7.17. The van der Waals surface area contributed by atoms with E-state index < -0.39 is 18.1 Å². The van der Waals surface area contributed by atoms with Crippen LogP contribution in [0.1, 0.15) is 48.1 Å². The van der Waals surface area contributed by atoms with E-state index >= 15 is 0 Å². The smallest absolute Gasteiger partial charge is 0.335 e. The minimum absolute atomic E-state index is 0.00179. The maximum atomic E-state index is 13.1. The Morgan fingerprint density at radius 2 is 2.16 bits per heavy atom. The molecule has 2 bridgehead atoms.